The Hall–Kier alpha value is -3.86. The number of benzene rings is 4. The molecule has 5 nitrogen and oxygen atoms in total. The molecule has 0 amide bonds. The van der Waals surface area contributed by atoms with Crippen molar-refractivity contribution in [2.45, 2.75) is 270 Å². The van der Waals surface area contributed by atoms with Crippen LogP contribution in [0.3, 0.4) is 0 Å². The van der Waals surface area contributed by atoms with E-state index < -0.39 is 22.6 Å². The predicted molar refractivity (Wildman–Crippen MR) is 348 cm³/mol. The number of aliphatic carboxylic acids is 1. The minimum Gasteiger partial charge on any atom is -0.481 e. The quantitative estimate of drug-likeness (QED) is 0.0263. The van der Waals surface area contributed by atoms with Crippen molar-refractivity contribution >= 4 is 43.4 Å². The highest BCUT2D eigenvalue weighted by atomic mass is 28.4. The van der Waals surface area contributed by atoms with Gasteiger partial charge in [-0.1, -0.05) is 303 Å². The van der Waals surface area contributed by atoms with E-state index in [4.69, 9.17) is 19.1 Å². The van der Waals surface area contributed by atoms with Gasteiger partial charge in [0.1, 0.15) is 0 Å². The summed E-state index contributed by atoms with van der Waals surface area (Å²) in [5, 5.41) is 23.0. The zero-order chi connectivity index (χ0) is 57.3. The van der Waals surface area contributed by atoms with E-state index in [0.29, 0.717) is 6.61 Å². The Labute approximate surface area is 487 Å². The molecule has 0 saturated carbocycles. The average Bonchev–Trinajstić information content (AvgIpc) is 3.64. The number of aliphatic hydroxyl groups excluding tert-OH is 1. The van der Waals surface area contributed by atoms with Crippen LogP contribution < -0.4 is 20.7 Å². The highest BCUT2D eigenvalue weighted by Gasteiger charge is 2.52. The molecule has 0 aliphatic heterocycles. The maximum Gasteiger partial charge on any atom is 0.303 e. The van der Waals surface area contributed by atoms with E-state index in [-0.39, 0.29) is 28.7 Å². The van der Waals surface area contributed by atoms with Crippen molar-refractivity contribution in [2.75, 3.05) is 6.61 Å². The van der Waals surface area contributed by atoms with Gasteiger partial charge in [-0.25, -0.2) is 0 Å². The molecule has 0 heterocycles. The molecule has 2 N–H and O–H groups in total. The third kappa shape index (κ3) is 27.2. The van der Waals surface area contributed by atoms with E-state index >= 15 is 0 Å². The van der Waals surface area contributed by atoms with Gasteiger partial charge < -0.3 is 19.1 Å². The van der Waals surface area contributed by atoms with Crippen LogP contribution in [0.2, 0.25) is 10.1 Å². The van der Waals surface area contributed by atoms with E-state index in [0.717, 1.165) is 51.4 Å². The van der Waals surface area contributed by atoms with Gasteiger partial charge in [0.25, 0.3) is 16.6 Å². The van der Waals surface area contributed by atoms with Gasteiger partial charge in [-0.15, -0.1) is 0 Å². The minimum atomic E-state index is -2.45. The third-order valence-corrected chi connectivity index (χ3v) is 26.2. The monoisotopic (exact) mass is 1110 g/mol. The van der Waals surface area contributed by atoms with Crippen LogP contribution in [0.5, 0.6) is 0 Å². The van der Waals surface area contributed by atoms with Gasteiger partial charge in [-0.3, -0.25) is 4.79 Å². The number of allylic oxidation sites excluding steroid dienone is 4. The summed E-state index contributed by atoms with van der Waals surface area (Å²) in [6, 6.07) is 44.0. The lowest BCUT2D eigenvalue weighted by Crippen LogP contribution is -2.67. The first-order valence-electron chi connectivity index (χ1n) is 31.9. The lowest BCUT2D eigenvalue weighted by atomic mass is 10.0. The molecule has 0 aromatic heterocycles. The van der Waals surface area contributed by atoms with Gasteiger partial charge in [0.05, 0.1) is 0 Å². The van der Waals surface area contributed by atoms with E-state index in [1.165, 1.54) is 156 Å². The van der Waals surface area contributed by atoms with E-state index in [2.05, 4.69) is 201 Å². The van der Waals surface area contributed by atoms with Crippen molar-refractivity contribution in [1.29, 1.82) is 0 Å². The first-order valence-corrected chi connectivity index (χ1v) is 35.7. The van der Waals surface area contributed by atoms with Crippen molar-refractivity contribution in [3.63, 3.8) is 0 Å². The molecular weight excluding hydrogens is 1000 g/mol. The van der Waals surface area contributed by atoms with Crippen LogP contribution in [0.25, 0.3) is 0 Å². The molecule has 4 rings (SSSR count). The van der Waals surface area contributed by atoms with Gasteiger partial charge in [0, 0.05) is 25.2 Å². The first kappa shape index (κ1) is 69.4. The molecule has 440 valence electrons. The maximum absolute atomic E-state index is 10.5. The van der Waals surface area contributed by atoms with Crippen molar-refractivity contribution in [1.82, 2.24) is 0 Å². The van der Waals surface area contributed by atoms with Crippen LogP contribution >= 0.6 is 0 Å². The molecule has 2 unspecified atom stereocenters. The fraction of sp³-hybridized carbons (Fsp3) is 0.597. The van der Waals surface area contributed by atoms with E-state index in [1.807, 2.05) is 0 Å². The Morgan fingerprint density at radius 1 is 0.392 bits per heavy atom. The Balaban J connectivity index is 0.000000415. The fourth-order valence-corrected chi connectivity index (χ4v) is 21.0. The maximum atomic E-state index is 10.5. The summed E-state index contributed by atoms with van der Waals surface area (Å²) in [6.45, 7) is 19.1. The molecule has 79 heavy (non-hydrogen) atoms. The Morgan fingerprint density at radius 2 is 0.633 bits per heavy atom. The standard InChI is InChI=1S/C36H56O3Si.C36H58O2Si/c1-32(26-20-16-14-12-10-8-6-5-7-9-11-13-15-17-25-31-35(37)38)39-40(36(2,3)4,33-27-21-18-22-28-33)34-29-23-19-24-30-34;1-33(27-21-17-15-13-11-9-7-5-6-8-10-12-14-16-18-26-32-37)38-39(36(2,3)4,34-28-22-19-23-29-34)35-30-24-20-25-31-35/h13,15,18-19,21-24,27-30,32H,5-12,14,16-17,20,25-26,31H2,1-4H3,(H,37,38);12,14,19-20,22-25,28-31,33,37H,5-11,13,15-18,21,26-27,32H2,1-4H3/b15-13-;14-12-. The first-order chi connectivity index (χ1) is 38.2. The van der Waals surface area contributed by atoms with Crippen LogP contribution in [-0.4, -0.2) is 51.6 Å². The zero-order valence-corrected chi connectivity index (χ0v) is 53.6. The summed E-state index contributed by atoms with van der Waals surface area (Å²) < 4.78 is 14.5. The van der Waals surface area contributed by atoms with Crippen molar-refractivity contribution in [3.05, 3.63) is 146 Å². The van der Waals surface area contributed by atoms with Gasteiger partial charge in [-0.05, 0) is 115 Å². The van der Waals surface area contributed by atoms with Crippen LogP contribution in [0.15, 0.2) is 146 Å². The molecule has 0 spiro atoms. The number of hydrogen-bond acceptors (Lipinski definition) is 4. The summed E-state index contributed by atoms with van der Waals surface area (Å²) in [4.78, 5) is 10.5. The van der Waals surface area contributed by atoms with Gasteiger partial charge in [-0.2, -0.15) is 0 Å². The van der Waals surface area contributed by atoms with E-state index in [1.54, 1.807) is 0 Å². The molecule has 2 atom stereocenters. The van der Waals surface area contributed by atoms with Gasteiger partial charge in [0.15, 0.2) is 0 Å². The van der Waals surface area contributed by atoms with Crippen molar-refractivity contribution in [3.8, 4) is 0 Å². The third-order valence-electron chi connectivity index (χ3n) is 15.9. The van der Waals surface area contributed by atoms with Gasteiger partial charge in [0.2, 0.25) is 0 Å². The van der Waals surface area contributed by atoms with Gasteiger partial charge >= 0.3 is 5.97 Å². The number of carboxylic acids is 1. The smallest absolute Gasteiger partial charge is 0.303 e. The van der Waals surface area contributed by atoms with Crippen LogP contribution in [0, 0.1) is 0 Å². The second kappa shape index (κ2) is 41.2. The topological polar surface area (TPSA) is 76.0 Å². The van der Waals surface area contributed by atoms with Crippen molar-refractivity contribution < 1.29 is 23.9 Å². The Bertz CT molecular complexity index is 2050. The number of unbranched alkanes of at least 4 members (excludes halogenated alkanes) is 23. The summed E-state index contributed by atoms with van der Waals surface area (Å²) >= 11 is 0. The molecule has 0 saturated heterocycles. The molecule has 0 fully saturated rings. The summed E-state index contributed by atoms with van der Waals surface area (Å²) in [6.07, 6.45) is 45.9. The van der Waals surface area contributed by atoms with E-state index in [9.17, 15) is 4.79 Å². The summed E-state index contributed by atoms with van der Waals surface area (Å²) in [5.41, 5.74) is 0. The molecule has 7 heteroatoms. The number of carboxylic acid groups (broad SMARTS) is 1. The fourth-order valence-electron chi connectivity index (χ4n) is 11.5. The number of aliphatic hydroxyl groups is 1. The molecule has 0 radical (unpaired) electrons. The highest BCUT2D eigenvalue weighted by molar-refractivity contribution is 7.00. The summed E-state index contributed by atoms with van der Waals surface area (Å²) in [7, 11) is -4.89. The van der Waals surface area contributed by atoms with Crippen LogP contribution in [0.4, 0.5) is 0 Å². The van der Waals surface area contributed by atoms with Crippen LogP contribution in [-0.2, 0) is 13.6 Å². The largest absolute Gasteiger partial charge is 0.481 e. The molecule has 4 aromatic carbocycles. The number of carbonyl (C=O) groups is 1. The minimum absolute atomic E-state index is 0.0317. The highest BCUT2D eigenvalue weighted by Crippen LogP contribution is 2.39. The average molecular weight is 1120 g/mol. The predicted octanol–water partition coefficient (Wildman–Crippen LogP) is 18.8. The normalized spacial score (nSPS) is 13.2. The molecular formula is C72H114O5Si2. The molecule has 0 bridgehead atoms. The second-order valence-electron chi connectivity index (χ2n) is 24.9. The SMILES string of the molecule is CC(CCCCCCCCCCCC/C=C\CCCC(=O)O)O[Si](c1ccccc1)(c1ccccc1)C(C)(C)C.CC(CCCCCCCCCCCC/C=C\CCCCO)O[Si](c1ccccc1)(c1ccccc1)C(C)(C)C. The van der Waals surface area contributed by atoms with Crippen LogP contribution in [0.1, 0.15) is 248 Å². The Kier molecular flexibility index (Phi) is 36.2. The number of rotatable bonds is 42. The molecule has 0 aliphatic carbocycles. The zero-order valence-electron chi connectivity index (χ0n) is 51.6. The Morgan fingerprint density at radius 3 is 0.886 bits per heavy atom. The summed E-state index contributed by atoms with van der Waals surface area (Å²) in [5.74, 6) is -0.695. The lowest BCUT2D eigenvalue weighted by molar-refractivity contribution is -0.137. The molecule has 4 aromatic rings. The molecule has 0 aliphatic rings. The van der Waals surface area contributed by atoms with Crippen molar-refractivity contribution in [2.24, 2.45) is 0 Å². The lowest BCUT2D eigenvalue weighted by Gasteiger charge is -2.44. The number of hydrogen-bond donors (Lipinski definition) is 2. The second-order valence-corrected chi connectivity index (χ2v) is 33.4.